The van der Waals surface area contributed by atoms with Crippen LogP contribution in [0, 0.1) is 0 Å². The third kappa shape index (κ3) is 5.61. The highest BCUT2D eigenvalue weighted by Gasteiger charge is 2.40. The zero-order valence-corrected chi connectivity index (χ0v) is 20.5. The average Bonchev–Trinajstić information content (AvgIpc) is 3.22. The summed E-state index contributed by atoms with van der Waals surface area (Å²) in [6, 6.07) is 7.19. The van der Waals surface area contributed by atoms with Crippen LogP contribution in [-0.2, 0) is 20.7 Å². The molecule has 3 aliphatic rings. The third-order valence-electron chi connectivity index (χ3n) is 7.14. The highest BCUT2D eigenvalue weighted by molar-refractivity contribution is 6.32. The average molecular weight is 500 g/mol. The van der Waals surface area contributed by atoms with Crippen molar-refractivity contribution in [1.82, 2.24) is 15.5 Å². The lowest BCUT2D eigenvalue weighted by molar-refractivity contribution is -0.117. The van der Waals surface area contributed by atoms with Crippen LogP contribution in [0.2, 0.25) is 5.02 Å². The smallest absolute Gasteiger partial charge is 0.407 e. The minimum Gasteiger partial charge on any atom is -0.446 e. The molecule has 2 aliphatic carbocycles. The predicted molar refractivity (Wildman–Crippen MR) is 132 cm³/mol. The van der Waals surface area contributed by atoms with Gasteiger partial charge in [-0.1, -0.05) is 17.7 Å². The lowest BCUT2D eigenvalue weighted by Crippen LogP contribution is -2.36. The van der Waals surface area contributed by atoms with Gasteiger partial charge in [-0.3, -0.25) is 14.7 Å². The van der Waals surface area contributed by atoms with E-state index in [0.717, 1.165) is 49.9 Å². The number of halogens is 1. The summed E-state index contributed by atoms with van der Waals surface area (Å²) in [6.07, 6.45) is 5.43. The molecule has 2 heterocycles. The normalized spacial score (nSPS) is 22.8. The van der Waals surface area contributed by atoms with E-state index in [-0.39, 0.29) is 41.9 Å². The van der Waals surface area contributed by atoms with Crippen LogP contribution in [0.25, 0.3) is 0 Å². The second-order valence-corrected chi connectivity index (χ2v) is 10.5. The molecule has 3 amide bonds. The number of hydrogen-bond donors (Lipinski definition) is 3. The largest absolute Gasteiger partial charge is 0.446 e. The summed E-state index contributed by atoms with van der Waals surface area (Å²) in [5.74, 6) is 0.506. The van der Waals surface area contributed by atoms with Crippen LogP contribution in [-0.4, -0.2) is 46.3 Å². The van der Waals surface area contributed by atoms with E-state index in [4.69, 9.17) is 16.3 Å². The SMILES string of the molecule is CC1(NC(=O)O[C@H]2CC[C@H](c3cc(NC(=O)Cc4ccc(N5CCCC5=O)cc4Cl)n[nH]3)C2)CC1. The molecule has 2 aromatic rings. The van der Waals surface area contributed by atoms with Gasteiger partial charge in [-0.2, -0.15) is 5.10 Å². The molecule has 1 aromatic heterocycles. The van der Waals surface area contributed by atoms with Crippen LogP contribution in [0.15, 0.2) is 24.3 Å². The van der Waals surface area contributed by atoms with Crippen molar-refractivity contribution in [2.24, 2.45) is 0 Å². The topological polar surface area (TPSA) is 116 Å². The Kier molecular flexibility index (Phi) is 6.44. The van der Waals surface area contributed by atoms with Gasteiger partial charge in [-0.15, -0.1) is 0 Å². The van der Waals surface area contributed by atoms with Crippen molar-refractivity contribution < 1.29 is 19.1 Å². The van der Waals surface area contributed by atoms with E-state index in [1.54, 1.807) is 17.0 Å². The summed E-state index contributed by atoms with van der Waals surface area (Å²) in [5.41, 5.74) is 2.27. The molecule has 0 radical (unpaired) electrons. The number of alkyl carbamates (subject to hydrolysis) is 1. The third-order valence-corrected chi connectivity index (χ3v) is 7.49. The van der Waals surface area contributed by atoms with Gasteiger partial charge in [0.15, 0.2) is 5.82 Å². The Morgan fingerprint density at radius 3 is 2.83 bits per heavy atom. The highest BCUT2D eigenvalue weighted by Crippen LogP contribution is 2.37. The van der Waals surface area contributed by atoms with E-state index in [9.17, 15) is 14.4 Å². The van der Waals surface area contributed by atoms with Crippen LogP contribution < -0.4 is 15.5 Å². The molecular formula is C25H30ClN5O4. The molecule has 1 saturated heterocycles. The van der Waals surface area contributed by atoms with Gasteiger partial charge in [-0.05, 0) is 63.1 Å². The van der Waals surface area contributed by atoms with Gasteiger partial charge >= 0.3 is 6.09 Å². The predicted octanol–water partition coefficient (Wildman–Crippen LogP) is 4.29. The van der Waals surface area contributed by atoms with E-state index in [2.05, 4.69) is 20.8 Å². The standard InChI is InChI=1S/C25H30ClN5O4/c1-25(8-9-25)28-24(34)35-18-7-5-16(11-18)20-14-21(30-29-20)27-22(32)12-15-4-6-17(13-19(15)26)31-10-2-3-23(31)33/h4,6,13-14,16,18H,2-3,5,7-12H2,1H3,(H,28,34)(H2,27,29,30,32)/t16-,18-/m0/s1. The maximum Gasteiger partial charge on any atom is 0.407 e. The molecule has 2 atom stereocenters. The van der Waals surface area contributed by atoms with E-state index >= 15 is 0 Å². The van der Waals surface area contributed by atoms with Crippen molar-refractivity contribution in [3.63, 3.8) is 0 Å². The molecule has 10 heteroatoms. The first-order valence-electron chi connectivity index (χ1n) is 12.2. The Morgan fingerprint density at radius 1 is 1.29 bits per heavy atom. The van der Waals surface area contributed by atoms with Gasteiger partial charge in [-0.25, -0.2) is 4.79 Å². The van der Waals surface area contributed by atoms with Crippen LogP contribution in [0.3, 0.4) is 0 Å². The van der Waals surface area contributed by atoms with Gasteiger partial charge < -0.3 is 20.3 Å². The monoisotopic (exact) mass is 499 g/mol. The highest BCUT2D eigenvalue weighted by atomic mass is 35.5. The summed E-state index contributed by atoms with van der Waals surface area (Å²) < 4.78 is 5.59. The first kappa shape index (κ1) is 23.7. The molecule has 35 heavy (non-hydrogen) atoms. The number of carbonyl (C=O) groups excluding carboxylic acids is 3. The van der Waals surface area contributed by atoms with E-state index in [1.165, 1.54) is 0 Å². The first-order valence-corrected chi connectivity index (χ1v) is 12.6. The van der Waals surface area contributed by atoms with Crippen LogP contribution in [0.5, 0.6) is 0 Å². The number of hydrogen-bond acceptors (Lipinski definition) is 5. The van der Waals surface area contributed by atoms with Crippen LogP contribution in [0.4, 0.5) is 16.3 Å². The van der Waals surface area contributed by atoms with E-state index < -0.39 is 0 Å². The minimum atomic E-state index is -0.341. The van der Waals surface area contributed by atoms with Gasteiger partial charge in [0.25, 0.3) is 0 Å². The van der Waals surface area contributed by atoms with Crippen molar-refractivity contribution in [3.05, 3.63) is 40.5 Å². The van der Waals surface area contributed by atoms with Gasteiger partial charge in [0, 0.05) is 46.9 Å². The fourth-order valence-electron chi connectivity index (χ4n) is 4.81. The molecule has 0 bridgehead atoms. The molecule has 9 nitrogen and oxygen atoms in total. The molecule has 0 spiro atoms. The van der Waals surface area contributed by atoms with Crippen LogP contribution in [0.1, 0.15) is 69.0 Å². The number of benzene rings is 1. The van der Waals surface area contributed by atoms with E-state index in [1.807, 2.05) is 19.1 Å². The molecule has 0 unspecified atom stereocenters. The zero-order valence-electron chi connectivity index (χ0n) is 19.7. The fourth-order valence-corrected chi connectivity index (χ4v) is 5.05. The summed E-state index contributed by atoms with van der Waals surface area (Å²) >= 11 is 6.40. The molecule has 186 valence electrons. The number of H-pyrrole nitrogens is 1. The number of nitrogens with one attached hydrogen (secondary N) is 3. The molecule has 5 rings (SSSR count). The van der Waals surface area contributed by atoms with Crippen molar-refractivity contribution >= 4 is 41.0 Å². The zero-order chi connectivity index (χ0) is 24.6. The van der Waals surface area contributed by atoms with Crippen molar-refractivity contribution in [3.8, 4) is 0 Å². The Hall–Kier alpha value is -3.07. The van der Waals surface area contributed by atoms with Crippen molar-refractivity contribution in [2.45, 2.75) is 75.9 Å². The number of aromatic nitrogens is 2. The molecule has 1 aliphatic heterocycles. The van der Waals surface area contributed by atoms with Gasteiger partial charge in [0.1, 0.15) is 6.10 Å². The lowest BCUT2D eigenvalue weighted by atomic mass is 10.0. The second kappa shape index (κ2) is 9.53. The summed E-state index contributed by atoms with van der Waals surface area (Å²) in [7, 11) is 0. The number of aromatic amines is 1. The Labute approximate surface area is 208 Å². The maximum absolute atomic E-state index is 12.6. The molecule has 3 N–H and O–H groups in total. The second-order valence-electron chi connectivity index (χ2n) is 10.1. The molecule has 3 fully saturated rings. The molecular weight excluding hydrogens is 470 g/mol. The number of rotatable bonds is 7. The minimum absolute atomic E-state index is 0.0925. The summed E-state index contributed by atoms with van der Waals surface area (Å²) in [4.78, 5) is 38.3. The lowest BCUT2D eigenvalue weighted by Gasteiger charge is -2.17. The van der Waals surface area contributed by atoms with E-state index in [0.29, 0.717) is 29.4 Å². The number of nitrogens with zero attached hydrogens (tertiary/aromatic N) is 2. The Bertz CT molecular complexity index is 1140. The summed E-state index contributed by atoms with van der Waals surface area (Å²) in [5, 5.41) is 13.4. The first-order chi connectivity index (χ1) is 16.8. The quantitative estimate of drug-likeness (QED) is 0.525. The number of anilines is 2. The van der Waals surface area contributed by atoms with Crippen molar-refractivity contribution in [2.75, 3.05) is 16.8 Å². The Balaban J connectivity index is 1.12. The molecule has 2 saturated carbocycles. The van der Waals surface area contributed by atoms with Gasteiger partial charge in [0.2, 0.25) is 11.8 Å². The van der Waals surface area contributed by atoms with Crippen molar-refractivity contribution in [1.29, 1.82) is 0 Å². The Morgan fingerprint density at radius 2 is 2.11 bits per heavy atom. The fraction of sp³-hybridized carbons (Fsp3) is 0.520. The number of ether oxygens (including phenoxy) is 1. The van der Waals surface area contributed by atoms with Crippen LogP contribution >= 0.6 is 11.6 Å². The summed E-state index contributed by atoms with van der Waals surface area (Å²) in [6.45, 7) is 2.71. The molecule has 1 aromatic carbocycles. The maximum atomic E-state index is 12.6. The number of carbonyl (C=O) groups is 3. The number of amides is 3. The van der Waals surface area contributed by atoms with Gasteiger partial charge in [0.05, 0.1) is 6.42 Å².